The number of carbonyl (C=O) groups is 2. The summed E-state index contributed by atoms with van der Waals surface area (Å²) in [6.45, 7) is 0.929. The van der Waals surface area contributed by atoms with Gasteiger partial charge in [-0.05, 0) is 59.5 Å². The average molecular weight is 584 g/mol. The molecule has 0 spiro atoms. The van der Waals surface area contributed by atoms with E-state index < -0.39 is 39.6 Å². The Morgan fingerprint density at radius 3 is 2.32 bits per heavy atom. The first-order valence-electron chi connectivity index (χ1n) is 12.2. The van der Waals surface area contributed by atoms with E-state index in [1.807, 2.05) is 6.07 Å². The fourth-order valence-electron chi connectivity index (χ4n) is 4.42. The quantitative estimate of drug-likeness (QED) is 0.425. The van der Waals surface area contributed by atoms with Gasteiger partial charge in [-0.25, -0.2) is 28.0 Å². The number of nitrogens with one attached hydrogen (secondary N) is 1. The molecule has 0 aliphatic carbocycles. The fourth-order valence-corrected chi connectivity index (χ4v) is 4.81. The van der Waals surface area contributed by atoms with Crippen LogP contribution in [0.3, 0.4) is 0 Å². The average Bonchev–Trinajstić information content (AvgIpc) is 2.92. The monoisotopic (exact) mass is 583 g/mol. The first-order chi connectivity index (χ1) is 19.3. The summed E-state index contributed by atoms with van der Waals surface area (Å²) >= 11 is 0. The predicted molar refractivity (Wildman–Crippen MR) is 147 cm³/mol. The van der Waals surface area contributed by atoms with Gasteiger partial charge in [0.1, 0.15) is 0 Å². The lowest BCUT2D eigenvalue weighted by Gasteiger charge is -2.37. The molecule has 0 unspecified atom stereocenters. The van der Waals surface area contributed by atoms with Crippen molar-refractivity contribution in [1.82, 2.24) is 10.2 Å². The second kappa shape index (κ2) is 11.4. The summed E-state index contributed by atoms with van der Waals surface area (Å²) < 4.78 is 63.2. The Kier molecular flexibility index (Phi) is 8.18. The number of urea groups is 2. The maximum absolute atomic E-state index is 13.6. The lowest BCUT2D eigenvalue weighted by molar-refractivity contribution is -0.137. The highest BCUT2D eigenvalue weighted by atomic mass is 32.2. The van der Waals surface area contributed by atoms with Gasteiger partial charge in [-0.1, -0.05) is 42.5 Å². The van der Waals surface area contributed by atoms with Gasteiger partial charge in [0.05, 0.1) is 35.2 Å². The van der Waals surface area contributed by atoms with Crippen LogP contribution in [0.4, 0.5) is 28.4 Å². The number of allylic oxidation sites excluding steroid dienone is 1. The smallest absolute Gasteiger partial charge is 0.336 e. The molecular weight excluding hydrogens is 559 g/mol. The number of halogens is 3. The number of rotatable bonds is 6. The van der Waals surface area contributed by atoms with Crippen LogP contribution in [0, 0.1) is 11.3 Å². The molecule has 1 heterocycles. The number of anilines is 1. The number of nitrogens with zero attached hydrogens (tertiary/aromatic N) is 3. The highest BCUT2D eigenvalue weighted by Crippen LogP contribution is 2.38. The van der Waals surface area contributed by atoms with Gasteiger partial charge in [0.25, 0.3) is 0 Å². The third kappa shape index (κ3) is 6.56. The Morgan fingerprint density at radius 1 is 1.05 bits per heavy atom. The van der Waals surface area contributed by atoms with Gasteiger partial charge < -0.3 is 5.32 Å². The lowest BCUT2D eigenvalue weighted by atomic mass is 9.91. The third-order valence-electron chi connectivity index (χ3n) is 6.43. The van der Waals surface area contributed by atoms with E-state index in [9.17, 15) is 31.2 Å². The second-order valence-corrected chi connectivity index (χ2v) is 10.9. The zero-order valence-corrected chi connectivity index (χ0v) is 22.5. The van der Waals surface area contributed by atoms with Crippen LogP contribution in [0.25, 0.3) is 16.7 Å². The Bertz CT molecular complexity index is 1680. The Morgan fingerprint density at radius 2 is 1.71 bits per heavy atom. The number of sulfonamides is 1. The normalized spacial score (nSPS) is 14.2. The molecule has 13 heteroatoms. The van der Waals surface area contributed by atoms with Crippen molar-refractivity contribution in [3.05, 3.63) is 95.2 Å². The molecule has 0 saturated heterocycles. The molecule has 0 atom stereocenters. The van der Waals surface area contributed by atoms with Crippen molar-refractivity contribution in [2.75, 3.05) is 23.7 Å². The molecule has 212 valence electrons. The van der Waals surface area contributed by atoms with E-state index in [0.717, 1.165) is 33.6 Å². The number of nitrogens with two attached hydrogens (primary N) is 1. The lowest BCUT2D eigenvalue weighted by Crippen LogP contribution is -2.54. The molecule has 41 heavy (non-hydrogen) atoms. The first-order valence-corrected chi connectivity index (χ1v) is 13.9. The van der Waals surface area contributed by atoms with E-state index in [1.54, 1.807) is 55.5 Å². The van der Waals surface area contributed by atoms with Gasteiger partial charge in [0.15, 0.2) is 0 Å². The number of primary sulfonamides is 1. The predicted octanol–water partition coefficient (Wildman–Crippen LogP) is 4.92. The van der Waals surface area contributed by atoms with Crippen molar-refractivity contribution in [3.63, 3.8) is 0 Å². The van der Waals surface area contributed by atoms with Crippen LogP contribution in [0.1, 0.15) is 23.6 Å². The molecular formula is C28H24F3N5O4S. The van der Waals surface area contributed by atoms with Crippen LogP contribution in [0.5, 0.6) is 0 Å². The highest BCUT2D eigenvalue weighted by Gasteiger charge is 2.38. The minimum absolute atomic E-state index is 0.113. The summed E-state index contributed by atoms with van der Waals surface area (Å²) in [6.07, 6.45) is -4.68. The molecule has 4 rings (SSSR count). The van der Waals surface area contributed by atoms with Gasteiger partial charge in [0.2, 0.25) is 10.0 Å². The van der Waals surface area contributed by atoms with Crippen molar-refractivity contribution in [2.24, 2.45) is 5.14 Å². The second-order valence-electron chi connectivity index (χ2n) is 9.15. The molecule has 0 aromatic heterocycles. The third-order valence-corrected chi connectivity index (χ3v) is 7.20. The number of nitriles is 1. The zero-order chi connectivity index (χ0) is 29.9. The van der Waals surface area contributed by atoms with Crippen LogP contribution < -0.4 is 15.4 Å². The molecule has 4 amide bonds. The van der Waals surface area contributed by atoms with Gasteiger partial charge in [0, 0.05) is 12.2 Å². The van der Waals surface area contributed by atoms with Gasteiger partial charge in [-0.2, -0.15) is 18.4 Å². The minimum atomic E-state index is -4.68. The zero-order valence-electron chi connectivity index (χ0n) is 21.6. The van der Waals surface area contributed by atoms with Crippen LogP contribution in [0.2, 0.25) is 0 Å². The SMILES string of the molecule is CC1=C(c2ccccc2-c2ccc(C#N)cc2)CN(C(=O)NCCS(N)(=O)=O)C(=O)N1c1cccc(C(F)(F)F)c1. The van der Waals surface area contributed by atoms with Crippen LogP contribution in [-0.2, 0) is 16.2 Å². The molecule has 9 nitrogen and oxygen atoms in total. The number of alkyl halides is 3. The molecule has 3 aromatic carbocycles. The van der Waals surface area contributed by atoms with Crippen molar-refractivity contribution in [3.8, 4) is 17.2 Å². The molecule has 1 aliphatic rings. The van der Waals surface area contributed by atoms with Crippen LogP contribution in [0.15, 0.2) is 78.5 Å². The number of benzene rings is 3. The van der Waals surface area contributed by atoms with Gasteiger partial charge in [-0.15, -0.1) is 0 Å². The Balaban J connectivity index is 1.85. The molecule has 0 radical (unpaired) electrons. The summed E-state index contributed by atoms with van der Waals surface area (Å²) in [4.78, 5) is 28.5. The molecule has 0 fully saturated rings. The fraction of sp³-hybridized carbons (Fsp3) is 0.179. The van der Waals surface area contributed by atoms with E-state index in [2.05, 4.69) is 5.32 Å². The maximum atomic E-state index is 13.6. The van der Waals surface area contributed by atoms with Crippen molar-refractivity contribution in [2.45, 2.75) is 13.1 Å². The minimum Gasteiger partial charge on any atom is -0.336 e. The molecule has 1 aliphatic heterocycles. The van der Waals surface area contributed by atoms with E-state index in [-0.39, 0.29) is 18.8 Å². The Hall–Kier alpha value is -4.67. The number of amides is 4. The van der Waals surface area contributed by atoms with E-state index in [1.165, 1.54) is 6.07 Å². The summed E-state index contributed by atoms with van der Waals surface area (Å²) in [5, 5.41) is 16.5. The molecule has 0 bridgehead atoms. The summed E-state index contributed by atoms with van der Waals surface area (Å²) in [6, 6.07) is 18.2. The first kappa shape index (κ1) is 29.3. The standard InChI is InChI=1S/C28H24F3N5O4S/c1-18-25(24-8-3-2-7-23(24)20-11-9-19(16-32)10-12-20)17-35(26(37)34-13-14-41(33,39)40)27(38)36(18)22-6-4-5-21(15-22)28(29,30)31/h2-12,15H,13-14,17H2,1H3,(H,34,37)(H2,33,39,40). The Labute approximate surface area is 234 Å². The maximum Gasteiger partial charge on any atom is 0.416 e. The highest BCUT2D eigenvalue weighted by molar-refractivity contribution is 7.89. The number of hydrogen-bond donors (Lipinski definition) is 2. The number of carbonyl (C=O) groups excluding carboxylic acids is 2. The van der Waals surface area contributed by atoms with E-state index >= 15 is 0 Å². The van der Waals surface area contributed by atoms with E-state index in [0.29, 0.717) is 28.0 Å². The summed E-state index contributed by atoms with van der Waals surface area (Å²) in [5.74, 6) is -0.582. The van der Waals surface area contributed by atoms with E-state index in [4.69, 9.17) is 10.4 Å². The largest absolute Gasteiger partial charge is 0.416 e. The van der Waals surface area contributed by atoms with Crippen molar-refractivity contribution < 1.29 is 31.2 Å². The van der Waals surface area contributed by atoms with Crippen LogP contribution in [-0.4, -0.2) is 44.2 Å². The van der Waals surface area contributed by atoms with Crippen molar-refractivity contribution in [1.29, 1.82) is 5.26 Å². The molecule has 3 N–H and O–H groups in total. The van der Waals surface area contributed by atoms with Crippen LogP contribution >= 0.6 is 0 Å². The van der Waals surface area contributed by atoms with Gasteiger partial charge in [-0.3, -0.25) is 4.90 Å². The topological polar surface area (TPSA) is 137 Å². The summed E-state index contributed by atoms with van der Waals surface area (Å²) in [7, 11) is -3.90. The number of imide groups is 1. The van der Waals surface area contributed by atoms with Crippen molar-refractivity contribution >= 4 is 33.3 Å². The van der Waals surface area contributed by atoms with Gasteiger partial charge >= 0.3 is 18.2 Å². The molecule has 3 aromatic rings. The summed E-state index contributed by atoms with van der Waals surface area (Å²) in [5.41, 5.74) is 2.13. The molecule has 0 saturated carbocycles. The number of hydrogen-bond acceptors (Lipinski definition) is 5.